The van der Waals surface area contributed by atoms with Crippen LogP contribution in [0, 0.1) is 0 Å². The second-order valence-electron chi connectivity index (χ2n) is 7.34. The van der Waals surface area contributed by atoms with E-state index in [1.807, 2.05) is 0 Å². The van der Waals surface area contributed by atoms with Gasteiger partial charge in [0, 0.05) is 22.7 Å². The normalized spacial score (nSPS) is 20.1. The fraction of sp³-hybridized carbons (Fsp3) is 0.478. The van der Waals surface area contributed by atoms with Crippen LogP contribution in [0.5, 0.6) is 0 Å². The fourth-order valence-electron chi connectivity index (χ4n) is 4.15. The Morgan fingerprint density at radius 1 is 0.846 bits per heavy atom. The first-order chi connectivity index (χ1) is 12.8. The quantitative estimate of drug-likeness (QED) is 0.195. The molecule has 0 amide bonds. The largest absolute Gasteiger partial charge is 0.369 e. The van der Waals surface area contributed by atoms with Gasteiger partial charge >= 0.3 is 0 Å². The summed E-state index contributed by atoms with van der Waals surface area (Å²) in [5.74, 6) is 0.748. The van der Waals surface area contributed by atoms with E-state index in [9.17, 15) is 0 Å². The molecule has 0 radical (unpaired) electrons. The highest BCUT2D eigenvalue weighted by Gasteiger charge is 2.26. The molecule has 0 spiro atoms. The lowest BCUT2D eigenvalue weighted by Crippen LogP contribution is -2.38. The van der Waals surface area contributed by atoms with Gasteiger partial charge in [0.15, 0.2) is 0 Å². The standard InChI is InChI=1S/C23H29BrIN/c24-21-11-15-23(16-12-21)26(18-6-2-5-17-25)22-13-9-20(10-14-22)19-7-3-1-4-8-19/h1,3-4,7-8,11-12,15-16,20,22H,2,5-6,9-10,13-14,17-18H2. The Balaban J connectivity index is 1.64. The average molecular weight is 526 g/mol. The van der Waals surface area contributed by atoms with Crippen LogP contribution in [0.1, 0.15) is 56.4 Å². The van der Waals surface area contributed by atoms with Crippen molar-refractivity contribution in [3.05, 3.63) is 64.6 Å². The smallest absolute Gasteiger partial charge is 0.0369 e. The van der Waals surface area contributed by atoms with E-state index in [0.29, 0.717) is 6.04 Å². The van der Waals surface area contributed by atoms with Gasteiger partial charge < -0.3 is 4.90 Å². The number of alkyl halides is 1. The van der Waals surface area contributed by atoms with Crippen molar-refractivity contribution in [2.75, 3.05) is 15.9 Å². The number of hydrogen-bond donors (Lipinski definition) is 0. The van der Waals surface area contributed by atoms with Crippen LogP contribution >= 0.6 is 38.5 Å². The monoisotopic (exact) mass is 525 g/mol. The predicted molar refractivity (Wildman–Crippen MR) is 126 cm³/mol. The summed E-state index contributed by atoms with van der Waals surface area (Å²) in [6.07, 6.45) is 9.23. The molecule has 0 atom stereocenters. The number of benzene rings is 2. The molecule has 1 nitrogen and oxygen atoms in total. The minimum Gasteiger partial charge on any atom is -0.369 e. The van der Waals surface area contributed by atoms with E-state index in [1.165, 1.54) is 71.6 Å². The van der Waals surface area contributed by atoms with Crippen molar-refractivity contribution in [2.45, 2.75) is 56.9 Å². The van der Waals surface area contributed by atoms with Crippen molar-refractivity contribution in [2.24, 2.45) is 0 Å². The van der Waals surface area contributed by atoms with Crippen molar-refractivity contribution in [1.82, 2.24) is 0 Å². The van der Waals surface area contributed by atoms with Crippen LogP contribution < -0.4 is 4.90 Å². The van der Waals surface area contributed by atoms with Crippen LogP contribution in [-0.2, 0) is 0 Å². The molecule has 3 rings (SSSR count). The second-order valence-corrected chi connectivity index (χ2v) is 9.33. The molecular weight excluding hydrogens is 497 g/mol. The third kappa shape index (κ3) is 5.72. The highest BCUT2D eigenvalue weighted by Crippen LogP contribution is 2.36. The van der Waals surface area contributed by atoms with Gasteiger partial charge in [-0.2, -0.15) is 0 Å². The van der Waals surface area contributed by atoms with E-state index in [1.54, 1.807) is 0 Å². The van der Waals surface area contributed by atoms with Gasteiger partial charge in [-0.05, 0) is 78.7 Å². The molecule has 26 heavy (non-hydrogen) atoms. The summed E-state index contributed by atoms with van der Waals surface area (Å²) in [6.45, 7) is 1.19. The topological polar surface area (TPSA) is 3.24 Å². The van der Waals surface area contributed by atoms with E-state index < -0.39 is 0 Å². The maximum atomic E-state index is 3.58. The van der Waals surface area contributed by atoms with Gasteiger partial charge in [0.05, 0.1) is 0 Å². The number of anilines is 1. The van der Waals surface area contributed by atoms with E-state index >= 15 is 0 Å². The molecule has 1 aliphatic carbocycles. The van der Waals surface area contributed by atoms with Crippen LogP contribution in [0.15, 0.2) is 59.1 Å². The SMILES string of the molecule is Brc1ccc(N(CCCCCI)C2CCC(c3ccccc3)CC2)cc1. The molecule has 0 N–H and O–H groups in total. The summed E-state index contributed by atoms with van der Waals surface area (Å²) in [7, 11) is 0. The predicted octanol–water partition coefficient (Wildman–Crippen LogP) is 7.59. The summed E-state index contributed by atoms with van der Waals surface area (Å²) in [4.78, 5) is 2.70. The van der Waals surface area contributed by atoms with Crippen LogP contribution in [0.3, 0.4) is 0 Å². The summed E-state index contributed by atoms with van der Waals surface area (Å²) >= 11 is 6.07. The zero-order valence-electron chi connectivity index (χ0n) is 15.4. The summed E-state index contributed by atoms with van der Waals surface area (Å²) in [5.41, 5.74) is 2.93. The third-order valence-corrected chi connectivity index (χ3v) is 6.89. The molecule has 1 saturated carbocycles. The Morgan fingerprint density at radius 3 is 2.19 bits per heavy atom. The molecule has 140 valence electrons. The number of halogens is 2. The van der Waals surface area contributed by atoms with Crippen molar-refractivity contribution >= 4 is 44.2 Å². The second kappa shape index (κ2) is 10.7. The van der Waals surface area contributed by atoms with Gasteiger partial charge in [-0.15, -0.1) is 0 Å². The van der Waals surface area contributed by atoms with E-state index in [0.717, 1.165) is 5.92 Å². The summed E-state index contributed by atoms with van der Waals surface area (Å²) < 4.78 is 2.44. The summed E-state index contributed by atoms with van der Waals surface area (Å²) in [5, 5.41) is 0. The molecular formula is C23H29BrIN. The van der Waals surface area contributed by atoms with Crippen LogP contribution in [0.4, 0.5) is 5.69 Å². The molecule has 2 aromatic rings. The van der Waals surface area contributed by atoms with Crippen LogP contribution in [-0.4, -0.2) is 17.0 Å². The van der Waals surface area contributed by atoms with Gasteiger partial charge in [-0.25, -0.2) is 0 Å². The van der Waals surface area contributed by atoms with Crippen LogP contribution in [0.2, 0.25) is 0 Å². The molecule has 2 aromatic carbocycles. The Hall–Kier alpha value is -0.550. The number of hydrogen-bond acceptors (Lipinski definition) is 1. The van der Waals surface area contributed by atoms with Crippen molar-refractivity contribution in [3.8, 4) is 0 Å². The van der Waals surface area contributed by atoms with Crippen molar-refractivity contribution < 1.29 is 0 Å². The molecule has 3 heteroatoms. The van der Waals surface area contributed by atoms with Crippen molar-refractivity contribution in [1.29, 1.82) is 0 Å². The average Bonchev–Trinajstić information content (AvgIpc) is 2.70. The van der Waals surface area contributed by atoms with Gasteiger partial charge in [-0.3, -0.25) is 0 Å². The van der Waals surface area contributed by atoms with Gasteiger partial charge in [0.25, 0.3) is 0 Å². The lowest BCUT2D eigenvalue weighted by Gasteiger charge is -2.39. The molecule has 0 heterocycles. The van der Waals surface area contributed by atoms with E-state index in [2.05, 4.69) is 98.0 Å². The zero-order valence-corrected chi connectivity index (χ0v) is 19.2. The highest BCUT2D eigenvalue weighted by atomic mass is 127. The van der Waals surface area contributed by atoms with E-state index in [4.69, 9.17) is 0 Å². The molecule has 0 bridgehead atoms. The minimum atomic E-state index is 0.690. The first-order valence-corrected chi connectivity index (χ1v) is 12.2. The first-order valence-electron chi connectivity index (χ1n) is 9.91. The molecule has 1 fully saturated rings. The number of nitrogens with zero attached hydrogens (tertiary/aromatic N) is 1. The first kappa shape index (κ1) is 20.2. The Labute approximate surface area is 180 Å². The molecule has 0 aromatic heterocycles. The van der Waals surface area contributed by atoms with Gasteiger partial charge in [-0.1, -0.05) is 75.3 Å². The number of rotatable bonds is 8. The molecule has 0 unspecified atom stereocenters. The zero-order chi connectivity index (χ0) is 18.2. The van der Waals surface area contributed by atoms with Crippen molar-refractivity contribution in [3.63, 3.8) is 0 Å². The maximum Gasteiger partial charge on any atom is 0.0369 e. The fourth-order valence-corrected chi connectivity index (χ4v) is 4.96. The Bertz CT molecular complexity index is 635. The Morgan fingerprint density at radius 2 is 1.54 bits per heavy atom. The lowest BCUT2D eigenvalue weighted by atomic mass is 9.81. The Kier molecular flexibility index (Phi) is 8.31. The van der Waals surface area contributed by atoms with Gasteiger partial charge in [0.2, 0.25) is 0 Å². The lowest BCUT2D eigenvalue weighted by molar-refractivity contribution is 0.374. The van der Waals surface area contributed by atoms with Crippen LogP contribution in [0.25, 0.3) is 0 Å². The summed E-state index contributed by atoms with van der Waals surface area (Å²) in [6, 6.07) is 20.7. The molecule has 1 aliphatic rings. The third-order valence-electron chi connectivity index (χ3n) is 5.60. The minimum absolute atomic E-state index is 0.690. The number of unbranched alkanes of at least 4 members (excludes halogenated alkanes) is 2. The highest BCUT2D eigenvalue weighted by molar-refractivity contribution is 14.1. The molecule has 0 saturated heterocycles. The van der Waals surface area contributed by atoms with E-state index in [-0.39, 0.29) is 0 Å². The molecule has 0 aliphatic heterocycles. The maximum absolute atomic E-state index is 3.58. The van der Waals surface area contributed by atoms with Gasteiger partial charge in [0.1, 0.15) is 0 Å².